The third kappa shape index (κ3) is 2.41. The highest BCUT2D eigenvalue weighted by Gasteiger charge is 2.67. The summed E-state index contributed by atoms with van der Waals surface area (Å²) in [5.74, 6) is -1.39. The van der Waals surface area contributed by atoms with Gasteiger partial charge in [-0.05, 0) is 30.5 Å². The number of rotatable bonds is 5. The summed E-state index contributed by atoms with van der Waals surface area (Å²) in [5, 5.41) is 0. The second-order valence-electron chi connectivity index (χ2n) is 7.01. The summed E-state index contributed by atoms with van der Waals surface area (Å²) in [7, 11) is 0. The van der Waals surface area contributed by atoms with Gasteiger partial charge in [0.1, 0.15) is 11.5 Å². The van der Waals surface area contributed by atoms with E-state index in [2.05, 4.69) is 6.92 Å². The monoisotopic (exact) mass is 341 g/mol. The van der Waals surface area contributed by atoms with Crippen molar-refractivity contribution in [2.24, 2.45) is 11.8 Å². The fourth-order valence-corrected chi connectivity index (χ4v) is 4.20. The molecule has 0 radical (unpaired) electrons. The Kier molecular flexibility index (Phi) is 3.91. The maximum absolute atomic E-state index is 13.1. The van der Waals surface area contributed by atoms with E-state index in [4.69, 9.17) is 9.47 Å². The van der Waals surface area contributed by atoms with Gasteiger partial charge in [0.25, 0.3) is 0 Å². The Morgan fingerprint density at radius 3 is 2.76 bits per heavy atom. The summed E-state index contributed by atoms with van der Waals surface area (Å²) in [4.78, 5) is 27.4. The molecule has 0 aromatic heterocycles. The number of esters is 1. The Morgan fingerprint density at radius 2 is 2.08 bits per heavy atom. The van der Waals surface area contributed by atoms with Gasteiger partial charge in [-0.3, -0.25) is 9.59 Å². The van der Waals surface area contributed by atoms with E-state index in [0.29, 0.717) is 13.2 Å². The van der Waals surface area contributed by atoms with Crippen molar-refractivity contribution < 1.29 is 19.1 Å². The predicted octanol–water partition coefficient (Wildman–Crippen LogP) is 2.49. The first-order valence-corrected chi connectivity index (χ1v) is 9.04. The van der Waals surface area contributed by atoms with Crippen molar-refractivity contribution in [3.8, 4) is 0 Å². The molecular formula is C20H23NO4. The molecule has 0 saturated carbocycles. The average Bonchev–Trinajstić information content (AvgIpc) is 3.28. The normalized spacial score (nSPS) is 32.3. The molecule has 4 atom stereocenters. The van der Waals surface area contributed by atoms with E-state index in [1.54, 1.807) is 4.90 Å². The number of carbonyl (C=O) groups excluding carboxylic acids is 2. The van der Waals surface area contributed by atoms with Crippen molar-refractivity contribution in [1.29, 1.82) is 0 Å². The van der Waals surface area contributed by atoms with Crippen LogP contribution >= 0.6 is 0 Å². The van der Waals surface area contributed by atoms with Gasteiger partial charge in [0.05, 0.1) is 25.2 Å². The minimum Gasteiger partial charge on any atom is -0.465 e. The number of benzene rings is 1. The lowest BCUT2D eigenvalue weighted by Gasteiger charge is -2.22. The van der Waals surface area contributed by atoms with Gasteiger partial charge in [0, 0.05) is 5.69 Å². The highest BCUT2D eigenvalue weighted by atomic mass is 16.6. The van der Waals surface area contributed by atoms with Crippen LogP contribution in [-0.4, -0.2) is 36.7 Å². The molecule has 2 fully saturated rings. The number of anilines is 1. The van der Waals surface area contributed by atoms with Gasteiger partial charge in [-0.1, -0.05) is 38.1 Å². The predicted molar refractivity (Wildman–Crippen MR) is 93.1 cm³/mol. The molecule has 3 heterocycles. The van der Waals surface area contributed by atoms with Crippen molar-refractivity contribution in [2.45, 2.75) is 38.4 Å². The van der Waals surface area contributed by atoms with Crippen LogP contribution < -0.4 is 4.90 Å². The summed E-state index contributed by atoms with van der Waals surface area (Å²) < 4.78 is 11.4. The highest BCUT2D eigenvalue weighted by molar-refractivity contribution is 6.02. The van der Waals surface area contributed by atoms with Gasteiger partial charge < -0.3 is 14.4 Å². The van der Waals surface area contributed by atoms with Crippen LogP contribution in [0.1, 0.15) is 25.8 Å². The first kappa shape index (κ1) is 16.3. The molecule has 1 spiro atoms. The zero-order valence-electron chi connectivity index (χ0n) is 14.6. The van der Waals surface area contributed by atoms with Crippen LogP contribution in [0.15, 0.2) is 36.4 Å². The van der Waals surface area contributed by atoms with E-state index in [1.165, 1.54) is 5.56 Å². The molecule has 3 aliphatic rings. The lowest BCUT2D eigenvalue weighted by atomic mass is 9.77. The number of aryl methyl sites for hydroxylation is 1. The Labute approximate surface area is 147 Å². The van der Waals surface area contributed by atoms with Gasteiger partial charge in [0.15, 0.2) is 0 Å². The lowest BCUT2D eigenvalue weighted by Crippen LogP contribution is -2.40. The summed E-state index contributed by atoms with van der Waals surface area (Å²) in [6.07, 6.45) is 5.25. The van der Waals surface area contributed by atoms with E-state index >= 15 is 0 Å². The number of hydrogen-bond acceptors (Lipinski definition) is 4. The van der Waals surface area contributed by atoms with Crippen LogP contribution in [0.25, 0.3) is 0 Å². The van der Waals surface area contributed by atoms with Crippen LogP contribution in [0.3, 0.4) is 0 Å². The van der Waals surface area contributed by atoms with Crippen molar-refractivity contribution >= 4 is 17.6 Å². The average molecular weight is 341 g/mol. The Hall–Kier alpha value is -2.14. The van der Waals surface area contributed by atoms with Crippen LogP contribution in [0, 0.1) is 11.8 Å². The number of fused-ring (bicyclic) bond motifs is 1. The molecule has 25 heavy (non-hydrogen) atoms. The van der Waals surface area contributed by atoms with Gasteiger partial charge >= 0.3 is 5.97 Å². The second kappa shape index (κ2) is 5.99. The van der Waals surface area contributed by atoms with Crippen molar-refractivity contribution in [3.05, 3.63) is 42.0 Å². The maximum atomic E-state index is 13.1. The van der Waals surface area contributed by atoms with Gasteiger partial charge in [-0.25, -0.2) is 0 Å². The SMILES string of the molecule is CCCOC(=O)[C@H]1[C@@H]2C=C[C@]3(CN(c4ccc(CC)cc4)C(=O)[C@H]13)O2. The van der Waals surface area contributed by atoms with E-state index in [-0.39, 0.29) is 18.0 Å². The quantitative estimate of drug-likeness (QED) is 0.610. The van der Waals surface area contributed by atoms with E-state index < -0.39 is 17.4 Å². The molecule has 2 saturated heterocycles. The molecule has 132 valence electrons. The minimum atomic E-state index is -0.693. The van der Waals surface area contributed by atoms with Crippen LogP contribution in [-0.2, 0) is 25.5 Å². The largest absolute Gasteiger partial charge is 0.465 e. The number of ether oxygens (including phenoxy) is 2. The van der Waals surface area contributed by atoms with Crippen LogP contribution in [0.4, 0.5) is 5.69 Å². The van der Waals surface area contributed by atoms with E-state index in [9.17, 15) is 9.59 Å². The fraction of sp³-hybridized carbons (Fsp3) is 0.500. The van der Waals surface area contributed by atoms with Gasteiger partial charge in [0.2, 0.25) is 5.91 Å². The van der Waals surface area contributed by atoms with Gasteiger partial charge in [-0.15, -0.1) is 0 Å². The third-order valence-electron chi connectivity index (χ3n) is 5.48. The molecule has 1 aromatic carbocycles. The number of amides is 1. The van der Waals surface area contributed by atoms with Gasteiger partial charge in [-0.2, -0.15) is 0 Å². The molecular weight excluding hydrogens is 318 g/mol. The Balaban J connectivity index is 1.61. The third-order valence-corrected chi connectivity index (χ3v) is 5.48. The summed E-state index contributed by atoms with van der Waals surface area (Å²) in [6.45, 7) is 4.88. The Morgan fingerprint density at radius 1 is 1.32 bits per heavy atom. The molecule has 5 heteroatoms. The summed E-state index contributed by atoms with van der Waals surface area (Å²) in [5.41, 5.74) is 1.39. The zero-order chi connectivity index (χ0) is 17.6. The highest BCUT2D eigenvalue weighted by Crippen LogP contribution is 2.52. The number of nitrogens with zero attached hydrogens (tertiary/aromatic N) is 1. The standard InChI is InChI=1S/C20H23NO4/c1-3-11-24-19(23)16-15-9-10-20(25-15)12-21(18(22)17(16)20)14-7-5-13(4-2)6-8-14/h5-10,15-17H,3-4,11-12H2,1-2H3/t15-,16-,17-,20+/m0/s1. The molecule has 4 rings (SSSR count). The Bertz CT molecular complexity index is 726. The molecule has 2 bridgehead atoms. The van der Waals surface area contributed by atoms with Crippen LogP contribution in [0.5, 0.6) is 0 Å². The number of hydrogen-bond donors (Lipinski definition) is 0. The fourth-order valence-electron chi connectivity index (χ4n) is 4.20. The van der Waals surface area contributed by atoms with Crippen molar-refractivity contribution in [2.75, 3.05) is 18.1 Å². The molecule has 1 amide bonds. The molecule has 0 aliphatic carbocycles. The topological polar surface area (TPSA) is 55.8 Å². The summed E-state index contributed by atoms with van der Waals surface area (Å²) in [6, 6.07) is 8.01. The van der Waals surface area contributed by atoms with Crippen molar-refractivity contribution in [1.82, 2.24) is 0 Å². The summed E-state index contributed by atoms with van der Waals surface area (Å²) >= 11 is 0. The molecule has 5 nitrogen and oxygen atoms in total. The second-order valence-corrected chi connectivity index (χ2v) is 7.01. The molecule has 0 N–H and O–H groups in total. The van der Waals surface area contributed by atoms with Crippen LogP contribution in [0.2, 0.25) is 0 Å². The molecule has 0 unspecified atom stereocenters. The molecule has 3 aliphatic heterocycles. The first-order valence-electron chi connectivity index (χ1n) is 9.04. The zero-order valence-corrected chi connectivity index (χ0v) is 14.6. The van der Waals surface area contributed by atoms with E-state index in [0.717, 1.165) is 18.5 Å². The lowest BCUT2D eigenvalue weighted by molar-refractivity contribution is -0.152. The first-order chi connectivity index (χ1) is 12.1. The maximum Gasteiger partial charge on any atom is 0.312 e. The minimum absolute atomic E-state index is 0.0467. The number of carbonyl (C=O) groups is 2. The molecule has 1 aromatic rings. The smallest absolute Gasteiger partial charge is 0.312 e. The van der Waals surface area contributed by atoms with E-state index in [1.807, 2.05) is 43.3 Å². The van der Waals surface area contributed by atoms with Crippen molar-refractivity contribution in [3.63, 3.8) is 0 Å².